The molecule has 2 nitrogen and oxygen atoms in total. The molecular formula is C38H27N2-. The predicted octanol–water partition coefficient (Wildman–Crippen LogP) is 8.86. The highest BCUT2D eigenvalue weighted by molar-refractivity contribution is 6.21. The zero-order valence-electron chi connectivity index (χ0n) is 22.0. The summed E-state index contributed by atoms with van der Waals surface area (Å²) >= 11 is 0. The third kappa shape index (κ3) is 3.05. The van der Waals surface area contributed by atoms with Crippen LogP contribution >= 0.6 is 0 Å². The van der Waals surface area contributed by atoms with Crippen LogP contribution in [-0.4, -0.2) is 12.1 Å². The van der Waals surface area contributed by atoms with E-state index in [0.29, 0.717) is 12.0 Å². The fraction of sp³-hybridized carbons (Fsp3) is 0.105. The van der Waals surface area contributed by atoms with Crippen molar-refractivity contribution in [3.8, 4) is 0 Å². The van der Waals surface area contributed by atoms with Crippen molar-refractivity contribution >= 4 is 49.9 Å². The van der Waals surface area contributed by atoms with Gasteiger partial charge in [-0.15, -0.1) is 11.0 Å². The highest BCUT2D eigenvalue weighted by atomic mass is 15.2. The second kappa shape index (κ2) is 8.34. The second-order valence-electron chi connectivity index (χ2n) is 11.2. The van der Waals surface area contributed by atoms with Crippen molar-refractivity contribution in [2.24, 2.45) is 0 Å². The number of hydrogen-bond donors (Lipinski definition) is 0. The van der Waals surface area contributed by atoms with E-state index in [4.69, 9.17) is 4.98 Å². The fourth-order valence-corrected chi connectivity index (χ4v) is 7.50. The first-order chi connectivity index (χ1) is 19.8. The van der Waals surface area contributed by atoms with Gasteiger partial charge >= 0.3 is 0 Å². The summed E-state index contributed by atoms with van der Waals surface area (Å²) in [5.74, 6) is 0.291. The zero-order chi connectivity index (χ0) is 26.2. The highest BCUT2D eigenvalue weighted by Crippen LogP contribution is 2.52. The van der Waals surface area contributed by atoms with Gasteiger partial charge in [-0.3, -0.25) is 0 Å². The minimum atomic E-state index is 0.280. The van der Waals surface area contributed by atoms with Gasteiger partial charge in [-0.05, 0) is 61.9 Å². The highest BCUT2D eigenvalue weighted by Gasteiger charge is 2.43. The number of fused-ring (bicyclic) bond motifs is 11. The summed E-state index contributed by atoms with van der Waals surface area (Å²) in [4.78, 5) is 7.62. The molecule has 0 amide bonds. The average Bonchev–Trinajstić information content (AvgIpc) is 3.57. The predicted molar refractivity (Wildman–Crippen MR) is 168 cm³/mol. The van der Waals surface area contributed by atoms with Crippen LogP contribution in [0.1, 0.15) is 34.6 Å². The number of hydrogen-bond acceptors (Lipinski definition) is 1. The van der Waals surface area contributed by atoms with Crippen molar-refractivity contribution in [2.75, 3.05) is 4.90 Å². The summed E-state index contributed by atoms with van der Waals surface area (Å²) in [6, 6.07) is 38.1. The standard InChI is InChI=1S/C38H27N2/c1-2-8-24(9-3-1)25-14-18-27(19-15-25)40-34-13-7-5-11-31(34)38-35(40)23-17-26-16-20-29-28(36(26)38)21-22-33-37(29)30-10-4-6-12-32(30)39-33/h1-18,20-23,27,35,38H,19H2/q-1. The van der Waals surface area contributed by atoms with E-state index in [1.54, 1.807) is 0 Å². The van der Waals surface area contributed by atoms with Crippen molar-refractivity contribution in [1.82, 2.24) is 4.98 Å². The van der Waals surface area contributed by atoms with Crippen LogP contribution in [0, 0.1) is 0 Å². The number of para-hydroxylation sites is 2. The van der Waals surface area contributed by atoms with Crippen LogP contribution in [0.15, 0.2) is 127 Å². The van der Waals surface area contributed by atoms with E-state index in [-0.39, 0.29) is 6.04 Å². The van der Waals surface area contributed by atoms with E-state index >= 15 is 0 Å². The second-order valence-corrected chi connectivity index (χ2v) is 11.2. The van der Waals surface area contributed by atoms with Gasteiger partial charge in [0.15, 0.2) is 0 Å². The summed E-state index contributed by atoms with van der Waals surface area (Å²) in [5, 5.41) is 5.18. The van der Waals surface area contributed by atoms with E-state index in [1.165, 1.54) is 55.1 Å². The van der Waals surface area contributed by atoms with Crippen molar-refractivity contribution in [2.45, 2.75) is 24.4 Å². The fourth-order valence-electron chi connectivity index (χ4n) is 7.50. The third-order valence-corrected chi connectivity index (χ3v) is 9.21. The first kappa shape index (κ1) is 22.0. The molecule has 40 heavy (non-hydrogen) atoms. The molecule has 6 aromatic rings. The average molecular weight is 512 g/mol. The zero-order valence-corrected chi connectivity index (χ0v) is 22.0. The van der Waals surface area contributed by atoms with Crippen LogP contribution < -0.4 is 9.88 Å². The molecule has 9 rings (SSSR count). The number of aromatic nitrogens is 1. The van der Waals surface area contributed by atoms with Gasteiger partial charge in [0, 0.05) is 11.6 Å². The van der Waals surface area contributed by atoms with Crippen LogP contribution in [0.2, 0.25) is 0 Å². The Balaban J connectivity index is 1.19. The molecule has 5 aromatic carbocycles. The monoisotopic (exact) mass is 511 g/mol. The van der Waals surface area contributed by atoms with Gasteiger partial charge in [-0.25, -0.2) is 0 Å². The molecule has 3 aliphatic rings. The SMILES string of the molecule is C1=CC(N2c3ccccc3C3c4c(ccc5c4ccc4[n-]c6ccccc6c45)C=CC32)CC=C1c1ccccc1. The Morgan fingerprint density at radius 1 is 0.650 bits per heavy atom. The van der Waals surface area contributed by atoms with Crippen molar-refractivity contribution < 1.29 is 0 Å². The minimum absolute atomic E-state index is 0.280. The molecule has 3 atom stereocenters. The normalized spacial score (nSPS) is 21.1. The Morgan fingerprint density at radius 3 is 2.38 bits per heavy atom. The summed E-state index contributed by atoms with van der Waals surface area (Å²) in [6.07, 6.45) is 13.0. The van der Waals surface area contributed by atoms with Crippen molar-refractivity contribution in [3.63, 3.8) is 0 Å². The van der Waals surface area contributed by atoms with Crippen LogP contribution in [0.3, 0.4) is 0 Å². The molecule has 2 heterocycles. The number of allylic oxidation sites excluding steroid dienone is 2. The molecule has 0 radical (unpaired) electrons. The first-order valence-electron chi connectivity index (χ1n) is 14.3. The molecule has 2 aliphatic carbocycles. The van der Waals surface area contributed by atoms with Crippen molar-refractivity contribution in [3.05, 3.63) is 150 Å². The molecule has 1 aromatic heterocycles. The van der Waals surface area contributed by atoms with Crippen molar-refractivity contribution in [1.29, 1.82) is 0 Å². The van der Waals surface area contributed by atoms with Gasteiger partial charge in [-0.2, -0.15) is 0 Å². The van der Waals surface area contributed by atoms with Gasteiger partial charge in [0.1, 0.15) is 0 Å². The summed E-state index contributed by atoms with van der Waals surface area (Å²) in [5.41, 5.74) is 10.3. The number of benzene rings is 5. The van der Waals surface area contributed by atoms with Crippen LogP contribution in [0.5, 0.6) is 0 Å². The summed E-state index contributed by atoms with van der Waals surface area (Å²) in [7, 11) is 0. The molecule has 0 saturated heterocycles. The molecule has 0 fully saturated rings. The Labute approximate surface area is 233 Å². The molecular weight excluding hydrogens is 484 g/mol. The quantitative estimate of drug-likeness (QED) is 0.231. The van der Waals surface area contributed by atoms with Crippen LogP contribution in [0.25, 0.3) is 44.2 Å². The minimum Gasteiger partial charge on any atom is -0.657 e. The maximum Gasteiger partial charge on any atom is 0.0593 e. The van der Waals surface area contributed by atoms with E-state index in [2.05, 4.69) is 138 Å². The van der Waals surface area contributed by atoms with Gasteiger partial charge in [0.2, 0.25) is 0 Å². The van der Waals surface area contributed by atoms with E-state index in [0.717, 1.165) is 17.5 Å². The van der Waals surface area contributed by atoms with Gasteiger partial charge < -0.3 is 9.88 Å². The lowest BCUT2D eigenvalue weighted by molar-refractivity contribution is 0.609. The molecule has 0 N–H and O–H groups in total. The smallest absolute Gasteiger partial charge is 0.0593 e. The first-order valence-corrected chi connectivity index (χ1v) is 14.3. The summed E-state index contributed by atoms with van der Waals surface area (Å²) < 4.78 is 0. The number of rotatable bonds is 2. The molecule has 2 heteroatoms. The molecule has 0 bridgehead atoms. The lowest BCUT2D eigenvalue weighted by Gasteiger charge is -2.37. The lowest BCUT2D eigenvalue weighted by atomic mass is 9.78. The van der Waals surface area contributed by atoms with Gasteiger partial charge in [0.25, 0.3) is 0 Å². The maximum absolute atomic E-state index is 4.95. The number of nitrogens with zero attached hydrogens (tertiary/aromatic N) is 2. The Kier molecular flexibility index (Phi) is 4.59. The molecule has 190 valence electrons. The van der Waals surface area contributed by atoms with E-state index in [9.17, 15) is 0 Å². The van der Waals surface area contributed by atoms with Crippen LogP contribution in [-0.2, 0) is 0 Å². The third-order valence-electron chi connectivity index (χ3n) is 9.21. The Morgan fingerprint density at radius 2 is 1.48 bits per heavy atom. The number of anilines is 1. The Hall–Kier alpha value is -4.82. The molecule has 0 saturated carbocycles. The maximum atomic E-state index is 4.95. The molecule has 0 spiro atoms. The van der Waals surface area contributed by atoms with E-state index in [1.807, 2.05) is 0 Å². The van der Waals surface area contributed by atoms with Gasteiger partial charge in [-0.1, -0.05) is 127 Å². The van der Waals surface area contributed by atoms with Gasteiger partial charge in [0.05, 0.1) is 12.1 Å². The lowest BCUT2D eigenvalue weighted by Crippen LogP contribution is -2.41. The molecule has 3 unspecified atom stereocenters. The Bertz CT molecular complexity index is 2060. The van der Waals surface area contributed by atoms with E-state index < -0.39 is 0 Å². The summed E-state index contributed by atoms with van der Waals surface area (Å²) in [6.45, 7) is 0. The largest absolute Gasteiger partial charge is 0.657 e. The topological polar surface area (TPSA) is 17.3 Å². The van der Waals surface area contributed by atoms with Crippen LogP contribution in [0.4, 0.5) is 5.69 Å². The molecule has 1 aliphatic heterocycles.